The van der Waals surface area contributed by atoms with Gasteiger partial charge in [0.2, 0.25) is 17.8 Å². The molecular weight excluding hydrogens is 323 g/mol. The lowest BCUT2D eigenvalue weighted by Gasteiger charge is -2.46. The van der Waals surface area contributed by atoms with E-state index in [4.69, 9.17) is 5.73 Å². The van der Waals surface area contributed by atoms with Gasteiger partial charge in [0.15, 0.2) is 0 Å². The zero-order chi connectivity index (χ0) is 17.6. The summed E-state index contributed by atoms with van der Waals surface area (Å²) in [6, 6.07) is 0.281. The van der Waals surface area contributed by atoms with Crippen molar-refractivity contribution in [3.8, 4) is 0 Å². The molecule has 0 radical (unpaired) electrons. The van der Waals surface area contributed by atoms with E-state index in [2.05, 4.69) is 25.2 Å². The Balaban J connectivity index is 1.52. The summed E-state index contributed by atoms with van der Waals surface area (Å²) >= 11 is 0. The van der Waals surface area contributed by atoms with Gasteiger partial charge in [0.05, 0.1) is 5.92 Å². The largest absolute Gasteiger partial charge is 0.368 e. The van der Waals surface area contributed by atoms with Gasteiger partial charge in [-0.05, 0) is 39.0 Å². The SMILES string of the molecule is Cc1nc(N)nc(N2CCCC3(CNC(=O)C4CC4F)CCCC23)n1. The fourth-order valence-corrected chi connectivity index (χ4v) is 4.64. The number of alkyl halides is 1. The molecule has 0 aromatic carbocycles. The molecule has 0 bridgehead atoms. The molecule has 7 nitrogen and oxygen atoms in total. The molecule has 4 atom stereocenters. The summed E-state index contributed by atoms with van der Waals surface area (Å²) < 4.78 is 13.1. The molecule has 1 aromatic heterocycles. The van der Waals surface area contributed by atoms with Gasteiger partial charge in [-0.15, -0.1) is 0 Å². The molecule has 3 N–H and O–H groups in total. The van der Waals surface area contributed by atoms with E-state index in [0.29, 0.717) is 24.7 Å². The number of hydrogen-bond acceptors (Lipinski definition) is 6. The van der Waals surface area contributed by atoms with Gasteiger partial charge in [0.1, 0.15) is 12.0 Å². The maximum atomic E-state index is 13.1. The zero-order valence-corrected chi connectivity index (χ0v) is 14.5. The van der Waals surface area contributed by atoms with Gasteiger partial charge in [-0.1, -0.05) is 6.42 Å². The van der Waals surface area contributed by atoms with Gasteiger partial charge in [-0.2, -0.15) is 15.0 Å². The van der Waals surface area contributed by atoms with Crippen LogP contribution in [0.15, 0.2) is 0 Å². The predicted molar refractivity (Wildman–Crippen MR) is 91.6 cm³/mol. The molecule has 1 aliphatic heterocycles. The first kappa shape index (κ1) is 16.5. The third kappa shape index (κ3) is 3.02. The summed E-state index contributed by atoms with van der Waals surface area (Å²) in [5, 5.41) is 3.02. The Bertz CT molecular complexity index is 665. The zero-order valence-electron chi connectivity index (χ0n) is 14.5. The highest BCUT2D eigenvalue weighted by atomic mass is 19.1. The van der Waals surface area contributed by atoms with E-state index in [0.717, 1.165) is 38.6 Å². The number of hydrogen-bond donors (Lipinski definition) is 2. The van der Waals surface area contributed by atoms with E-state index in [1.165, 1.54) is 0 Å². The summed E-state index contributed by atoms with van der Waals surface area (Å²) in [5.41, 5.74) is 5.82. The van der Waals surface area contributed by atoms with Crippen LogP contribution in [0.2, 0.25) is 0 Å². The summed E-state index contributed by atoms with van der Waals surface area (Å²) in [4.78, 5) is 27.2. The molecule has 2 heterocycles. The first-order valence-corrected chi connectivity index (χ1v) is 9.15. The van der Waals surface area contributed by atoms with Crippen molar-refractivity contribution < 1.29 is 9.18 Å². The molecule has 1 amide bonds. The second-order valence-corrected chi connectivity index (χ2v) is 7.68. The number of aryl methyl sites for hydroxylation is 1. The van der Waals surface area contributed by atoms with Crippen LogP contribution in [0.1, 0.15) is 44.3 Å². The van der Waals surface area contributed by atoms with Crippen LogP contribution >= 0.6 is 0 Å². The third-order valence-electron chi connectivity index (χ3n) is 5.98. The highest BCUT2D eigenvalue weighted by Gasteiger charge is 2.50. The lowest BCUT2D eigenvalue weighted by molar-refractivity contribution is -0.123. The van der Waals surface area contributed by atoms with E-state index in [1.807, 2.05) is 6.92 Å². The van der Waals surface area contributed by atoms with E-state index < -0.39 is 12.1 Å². The Labute approximate surface area is 146 Å². The molecule has 1 aromatic rings. The number of aromatic nitrogens is 3. The molecule has 8 heteroatoms. The molecular formula is C17H25FN6O. The number of nitrogen functional groups attached to an aromatic ring is 1. The van der Waals surface area contributed by atoms with Crippen LogP contribution in [0.5, 0.6) is 0 Å². The average molecular weight is 348 g/mol. The van der Waals surface area contributed by atoms with Crippen molar-refractivity contribution >= 4 is 17.8 Å². The number of amides is 1. The van der Waals surface area contributed by atoms with Crippen molar-refractivity contribution in [2.24, 2.45) is 11.3 Å². The van der Waals surface area contributed by atoms with E-state index in [1.54, 1.807) is 0 Å². The quantitative estimate of drug-likeness (QED) is 0.853. The highest BCUT2D eigenvalue weighted by Crippen LogP contribution is 2.48. The van der Waals surface area contributed by atoms with Gasteiger partial charge in [-0.3, -0.25) is 4.79 Å². The maximum absolute atomic E-state index is 13.1. The van der Waals surface area contributed by atoms with Crippen LogP contribution in [0, 0.1) is 18.3 Å². The summed E-state index contributed by atoms with van der Waals surface area (Å²) in [5.74, 6) is 0.936. The number of nitrogens with two attached hydrogens (primary N) is 1. The fourth-order valence-electron chi connectivity index (χ4n) is 4.64. The van der Waals surface area contributed by atoms with Crippen LogP contribution in [-0.2, 0) is 4.79 Å². The molecule has 136 valence electrons. The number of fused-ring (bicyclic) bond motifs is 1. The Hall–Kier alpha value is -1.99. The van der Waals surface area contributed by atoms with Crippen molar-refractivity contribution in [1.29, 1.82) is 0 Å². The van der Waals surface area contributed by atoms with Crippen LogP contribution in [0.25, 0.3) is 0 Å². The highest BCUT2D eigenvalue weighted by molar-refractivity contribution is 5.82. The first-order valence-electron chi connectivity index (χ1n) is 9.15. The number of halogens is 1. The number of nitrogens with zero attached hydrogens (tertiary/aromatic N) is 4. The molecule has 2 aliphatic carbocycles. The third-order valence-corrected chi connectivity index (χ3v) is 5.98. The number of nitrogens with one attached hydrogen (secondary N) is 1. The number of rotatable bonds is 4. The van der Waals surface area contributed by atoms with Crippen molar-refractivity contribution in [1.82, 2.24) is 20.3 Å². The summed E-state index contributed by atoms with van der Waals surface area (Å²) in [6.07, 6.45) is 4.75. The second kappa shape index (κ2) is 6.07. The standard InChI is InChI=1S/C17H25FN6O/c1-10-21-15(19)23-16(22-10)24-7-3-6-17(5-2-4-13(17)24)9-20-14(25)11-8-12(11)18/h11-13H,2-9H2,1H3,(H,20,25)(H2,19,21,22,23). The topological polar surface area (TPSA) is 97.0 Å². The van der Waals surface area contributed by atoms with Gasteiger partial charge in [0.25, 0.3) is 0 Å². The molecule has 2 saturated carbocycles. The lowest BCUT2D eigenvalue weighted by Crippen LogP contribution is -2.54. The molecule has 25 heavy (non-hydrogen) atoms. The van der Waals surface area contributed by atoms with E-state index in [9.17, 15) is 9.18 Å². The number of piperidine rings is 1. The number of carbonyl (C=O) groups is 1. The smallest absolute Gasteiger partial charge is 0.230 e. The molecule has 3 fully saturated rings. The second-order valence-electron chi connectivity index (χ2n) is 7.68. The maximum Gasteiger partial charge on any atom is 0.230 e. The molecule has 4 unspecified atom stereocenters. The minimum absolute atomic E-state index is 0.0178. The molecule has 3 aliphatic rings. The normalized spacial score (nSPS) is 33.8. The van der Waals surface area contributed by atoms with Crippen LogP contribution in [0.4, 0.5) is 16.3 Å². The van der Waals surface area contributed by atoms with Gasteiger partial charge in [0, 0.05) is 24.5 Å². The van der Waals surface area contributed by atoms with Crippen molar-refractivity contribution in [3.05, 3.63) is 5.82 Å². The van der Waals surface area contributed by atoms with Crippen molar-refractivity contribution in [3.63, 3.8) is 0 Å². The minimum atomic E-state index is -0.948. The van der Waals surface area contributed by atoms with Crippen molar-refractivity contribution in [2.45, 2.75) is 57.7 Å². The van der Waals surface area contributed by atoms with Gasteiger partial charge < -0.3 is 16.0 Å². The summed E-state index contributed by atoms with van der Waals surface area (Å²) in [7, 11) is 0. The Morgan fingerprint density at radius 1 is 1.36 bits per heavy atom. The van der Waals surface area contributed by atoms with Crippen LogP contribution < -0.4 is 16.0 Å². The fraction of sp³-hybridized carbons (Fsp3) is 0.765. The predicted octanol–water partition coefficient (Wildman–Crippen LogP) is 1.38. The lowest BCUT2D eigenvalue weighted by atomic mass is 9.74. The van der Waals surface area contributed by atoms with Gasteiger partial charge >= 0.3 is 0 Å². The average Bonchev–Trinajstić information content (AvgIpc) is 3.15. The Morgan fingerprint density at radius 3 is 2.84 bits per heavy atom. The molecule has 4 rings (SSSR count). The van der Waals surface area contributed by atoms with Crippen LogP contribution in [-0.4, -0.2) is 46.2 Å². The van der Waals surface area contributed by atoms with Crippen molar-refractivity contribution in [2.75, 3.05) is 23.7 Å². The summed E-state index contributed by atoms with van der Waals surface area (Å²) in [6.45, 7) is 3.31. The van der Waals surface area contributed by atoms with E-state index in [-0.39, 0.29) is 23.3 Å². The Kier molecular flexibility index (Phi) is 4.00. The molecule has 0 spiro atoms. The number of anilines is 2. The first-order chi connectivity index (χ1) is 12.0. The van der Waals surface area contributed by atoms with Crippen LogP contribution in [0.3, 0.4) is 0 Å². The monoisotopic (exact) mass is 348 g/mol. The van der Waals surface area contributed by atoms with Gasteiger partial charge in [-0.25, -0.2) is 4.39 Å². The minimum Gasteiger partial charge on any atom is -0.368 e. The van der Waals surface area contributed by atoms with E-state index >= 15 is 0 Å². The number of carbonyl (C=O) groups excluding carboxylic acids is 1. The molecule has 1 saturated heterocycles. The Morgan fingerprint density at radius 2 is 2.12 bits per heavy atom.